The quantitative estimate of drug-likeness (QED) is 0.571. The molecule has 2 aliphatic rings. The first-order valence-corrected chi connectivity index (χ1v) is 9.18. The third-order valence-electron chi connectivity index (χ3n) is 6.13. The predicted molar refractivity (Wildman–Crippen MR) is 109 cm³/mol. The largest absolute Gasteiger partial charge is 0.0984 e. The second-order valence-electron chi connectivity index (χ2n) is 8.03. The molecule has 0 amide bonds. The monoisotopic (exact) mass is 326 g/mol. The zero-order valence-corrected chi connectivity index (χ0v) is 15.7. The van der Waals surface area contributed by atoms with Gasteiger partial charge in [-0.1, -0.05) is 86.2 Å². The van der Waals surface area contributed by atoms with Crippen molar-refractivity contribution >= 4 is 6.08 Å². The van der Waals surface area contributed by atoms with Crippen LogP contribution in [0, 0.1) is 19.3 Å². The summed E-state index contributed by atoms with van der Waals surface area (Å²) in [6, 6.07) is 11.5. The van der Waals surface area contributed by atoms with E-state index in [0.717, 1.165) is 6.42 Å². The molecule has 0 N–H and O–H groups in total. The Morgan fingerprint density at radius 1 is 1.08 bits per heavy atom. The number of hydrogen-bond donors (Lipinski definition) is 0. The van der Waals surface area contributed by atoms with Crippen LogP contribution in [-0.4, -0.2) is 0 Å². The van der Waals surface area contributed by atoms with Gasteiger partial charge in [-0.2, -0.15) is 0 Å². The molecule has 1 atom stereocenters. The molecule has 0 bridgehead atoms. The van der Waals surface area contributed by atoms with Crippen LogP contribution in [-0.2, 0) is 0 Å². The Morgan fingerprint density at radius 2 is 1.84 bits per heavy atom. The molecule has 0 fully saturated rings. The van der Waals surface area contributed by atoms with E-state index in [4.69, 9.17) is 0 Å². The van der Waals surface area contributed by atoms with Crippen LogP contribution in [0.1, 0.15) is 54.0 Å². The summed E-state index contributed by atoms with van der Waals surface area (Å²) in [5.74, 6) is 0.372. The van der Waals surface area contributed by atoms with Crippen molar-refractivity contribution in [3.63, 3.8) is 0 Å². The van der Waals surface area contributed by atoms with Crippen LogP contribution in [0.3, 0.4) is 0 Å². The van der Waals surface area contributed by atoms with Gasteiger partial charge in [-0.25, -0.2) is 0 Å². The molecule has 2 aromatic rings. The second-order valence-corrected chi connectivity index (χ2v) is 8.03. The van der Waals surface area contributed by atoms with Crippen molar-refractivity contribution in [1.82, 2.24) is 0 Å². The first-order chi connectivity index (χ1) is 11.9. The number of rotatable bonds is 3. The van der Waals surface area contributed by atoms with Crippen LogP contribution in [0.2, 0.25) is 0 Å². The summed E-state index contributed by atoms with van der Waals surface area (Å²) in [6.07, 6.45) is 9.91. The molecule has 2 aromatic carbocycles. The lowest BCUT2D eigenvalue weighted by Crippen LogP contribution is -2.24. The molecule has 0 heterocycles. The molecular formula is C25H26. The Kier molecular flexibility index (Phi) is 3.61. The maximum Gasteiger partial charge on any atom is 0.0196 e. The molecule has 0 saturated carbocycles. The fraction of sp³-hybridized carbons (Fsp3) is 0.280. The number of aryl methyl sites for hydroxylation is 2. The summed E-state index contributed by atoms with van der Waals surface area (Å²) in [5.41, 5.74) is 11.3. The highest BCUT2D eigenvalue weighted by Gasteiger charge is 2.42. The van der Waals surface area contributed by atoms with E-state index in [1.807, 2.05) is 0 Å². The van der Waals surface area contributed by atoms with E-state index in [9.17, 15) is 0 Å². The van der Waals surface area contributed by atoms with Gasteiger partial charge in [-0.05, 0) is 59.1 Å². The van der Waals surface area contributed by atoms with Crippen molar-refractivity contribution < 1.29 is 0 Å². The van der Waals surface area contributed by atoms with Crippen LogP contribution in [0.5, 0.6) is 0 Å². The van der Waals surface area contributed by atoms with Crippen molar-refractivity contribution in [1.29, 1.82) is 0 Å². The fourth-order valence-corrected chi connectivity index (χ4v) is 4.74. The minimum absolute atomic E-state index is 0.0723. The normalized spacial score (nSPS) is 18.1. The molecule has 0 heteroatoms. The van der Waals surface area contributed by atoms with Gasteiger partial charge in [0.05, 0.1) is 0 Å². The van der Waals surface area contributed by atoms with Crippen LogP contribution in [0.15, 0.2) is 60.7 Å². The average molecular weight is 326 g/mol. The van der Waals surface area contributed by atoms with Gasteiger partial charge >= 0.3 is 0 Å². The number of fused-ring (bicyclic) bond motifs is 3. The number of hydrogen-bond acceptors (Lipinski definition) is 0. The molecule has 0 aliphatic heterocycles. The van der Waals surface area contributed by atoms with Crippen LogP contribution in [0.4, 0.5) is 0 Å². The summed E-state index contributed by atoms with van der Waals surface area (Å²) < 4.78 is 0. The van der Waals surface area contributed by atoms with E-state index in [1.165, 1.54) is 44.5 Å². The van der Waals surface area contributed by atoms with Gasteiger partial charge in [0.25, 0.3) is 0 Å². The Hall–Kier alpha value is -2.34. The lowest BCUT2D eigenvalue weighted by molar-refractivity contribution is 0.388. The van der Waals surface area contributed by atoms with E-state index < -0.39 is 0 Å². The molecular weight excluding hydrogens is 300 g/mol. The lowest BCUT2D eigenvalue weighted by atomic mass is 9.67. The standard InChI is InChI=1S/C25H26/c1-6-19-17(3)12-14-21-20-13-11-16(2)15-22(20)24(23(19)21)25(4,5)18-9-7-8-10-18/h6-9,11-15,24H,1,10H2,2-5H3. The molecule has 4 rings (SSSR count). The molecule has 2 aliphatic carbocycles. The van der Waals surface area contributed by atoms with E-state index in [0.29, 0.717) is 5.92 Å². The van der Waals surface area contributed by atoms with Gasteiger partial charge < -0.3 is 0 Å². The lowest BCUT2D eigenvalue weighted by Gasteiger charge is -2.36. The highest BCUT2D eigenvalue weighted by molar-refractivity contribution is 5.84. The highest BCUT2D eigenvalue weighted by Crippen LogP contribution is 2.57. The van der Waals surface area contributed by atoms with Crippen molar-refractivity contribution in [2.24, 2.45) is 5.41 Å². The Bertz CT molecular complexity index is 935. The zero-order valence-electron chi connectivity index (χ0n) is 15.7. The van der Waals surface area contributed by atoms with Crippen LogP contribution in [0.25, 0.3) is 17.2 Å². The van der Waals surface area contributed by atoms with Gasteiger partial charge in [0.15, 0.2) is 0 Å². The van der Waals surface area contributed by atoms with Crippen molar-refractivity contribution in [2.45, 2.75) is 40.0 Å². The Balaban J connectivity index is 2.03. The van der Waals surface area contributed by atoms with E-state index in [2.05, 4.69) is 88.9 Å². The molecule has 0 radical (unpaired) electrons. The van der Waals surface area contributed by atoms with E-state index >= 15 is 0 Å². The molecule has 0 aromatic heterocycles. The SMILES string of the molecule is C=Cc1c(C)ccc2c1C(C(C)(C)C1=CC=CC1)c1cc(C)ccc1-2. The first kappa shape index (κ1) is 16.1. The van der Waals surface area contributed by atoms with Crippen LogP contribution < -0.4 is 0 Å². The fourth-order valence-electron chi connectivity index (χ4n) is 4.74. The van der Waals surface area contributed by atoms with Gasteiger partial charge in [-0.3, -0.25) is 0 Å². The van der Waals surface area contributed by atoms with Crippen LogP contribution >= 0.6 is 0 Å². The number of benzene rings is 2. The molecule has 0 saturated heterocycles. The number of allylic oxidation sites excluding steroid dienone is 4. The first-order valence-electron chi connectivity index (χ1n) is 9.18. The third kappa shape index (κ3) is 2.28. The molecule has 0 spiro atoms. The maximum absolute atomic E-state index is 4.14. The van der Waals surface area contributed by atoms with Gasteiger partial charge in [0, 0.05) is 5.92 Å². The second kappa shape index (κ2) is 5.59. The predicted octanol–water partition coefficient (Wildman–Crippen LogP) is 6.97. The van der Waals surface area contributed by atoms with Gasteiger partial charge in [0.1, 0.15) is 0 Å². The Morgan fingerprint density at radius 3 is 2.52 bits per heavy atom. The smallest absolute Gasteiger partial charge is 0.0196 e. The average Bonchev–Trinajstić information content (AvgIpc) is 3.20. The maximum atomic E-state index is 4.14. The highest BCUT2D eigenvalue weighted by atomic mass is 14.5. The summed E-state index contributed by atoms with van der Waals surface area (Å²) in [7, 11) is 0. The van der Waals surface area contributed by atoms with Crippen molar-refractivity contribution in [3.05, 3.63) is 88.5 Å². The summed E-state index contributed by atoms with van der Waals surface area (Å²) in [5, 5.41) is 0. The summed E-state index contributed by atoms with van der Waals surface area (Å²) in [4.78, 5) is 0. The van der Waals surface area contributed by atoms with Gasteiger partial charge in [0.2, 0.25) is 0 Å². The van der Waals surface area contributed by atoms with Crippen molar-refractivity contribution in [2.75, 3.05) is 0 Å². The minimum atomic E-state index is 0.0723. The molecule has 126 valence electrons. The molecule has 25 heavy (non-hydrogen) atoms. The summed E-state index contributed by atoms with van der Waals surface area (Å²) in [6.45, 7) is 13.4. The minimum Gasteiger partial charge on any atom is -0.0984 e. The van der Waals surface area contributed by atoms with E-state index in [-0.39, 0.29) is 5.41 Å². The van der Waals surface area contributed by atoms with E-state index in [1.54, 1.807) is 0 Å². The Labute approximate surface area is 151 Å². The zero-order chi connectivity index (χ0) is 17.8. The van der Waals surface area contributed by atoms with Gasteiger partial charge in [-0.15, -0.1) is 0 Å². The molecule has 1 unspecified atom stereocenters. The summed E-state index contributed by atoms with van der Waals surface area (Å²) >= 11 is 0. The molecule has 0 nitrogen and oxygen atoms in total. The topological polar surface area (TPSA) is 0 Å². The van der Waals surface area contributed by atoms with Crippen molar-refractivity contribution in [3.8, 4) is 11.1 Å². The third-order valence-corrected chi connectivity index (χ3v) is 6.13.